The first kappa shape index (κ1) is 11.7. The van der Waals surface area contributed by atoms with Crippen molar-refractivity contribution in [3.05, 3.63) is 35.4 Å². The summed E-state index contributed by atoms with van der Waals surface area (Å²) in [6.07, 6.45) is 6.39. The molecule has 0 aromatic heterocycles. The van der Waals surface area contributed by atoms with Gasteiger partial charge < -0.3 is 5.11 Å². The molecule has 1 aromatic carbocycles. The van der Waals surface area contributed by atoms with E-state index in [1.165, 1.54) is 5.56 Å². The van der Waals surface area contributed by atoms with E-state index in [9.17, 15) is 9.90 Å². The minimum absolute atomic E-state index is 0.446. The van der Waals surface area contributed by atoms with Gasteiger partial charge in [0.1, 0.15) is 6.04 Å². The van der Waals surface area contributed by atoms with Crippen LogP contribution >= 0.6 is 0 Å². The standard InChI is InChI=1S/C14H15NO2/c1-2-3-8-15-10-12-7-5-4-6-11(12)9-13(15)14(16)17/h1,4-7,13H,3,8-10H2,(H,16,17). The number of nitrogens with zero attached hydrogens (tertiary/aromatic N) is 1. The van der Waals surface area contributed by atoms with E-state index < -0.39 is 12.0 Å². The zero-order valence-electron chi connectivity index (χ0n) is 9.60. The lowest BCUT2D eigenvalue weighted by Crippen LogP contribution is -2.45. The summed E-state index contributed by atoms with van der Waals surface area (Å²) in [4.78, 5) is 13.2. The summed E-state index contributed by atoms with van der Waals surface area (Å²) in [5, 5.41) is 9.24. The smallest absolute Gasteiger partial charge is 0.321 e. The van der Waals surface area contributed by atoms with Crippen molar-refractivity contribution in [3.8, 4) is 12.3 Å². The zero-order chi connectivity index (χ0) is 12.3. The lowest BCUT2D eigenvalue weighted by atomic mass is 9.94. The highest BCUT2D eigenvalue weighted by molar-refractivity contribution is 5.74. The molecule has 0 bridgehead atoms. The number of fused-ring (bicyclic) bond motifs is 1. The van der Waals surface area contributed by atoms with Crippen LogP contribution in [-0.4, -0.2) is 28.6 Å². The molecule has 0 fully saturated rings. The van der Waals surface area contributed by atoms with Crippen LogP contribution in [0.1, 0.15) is 17.5 Å². The number of hydrogen-bond acceptors (Lipinski definition) is 2. The molecule has 0 amide bonds. The lowest BCUT2D eigenvalue weighted by Gasteiger charge is -2.33. The molecule has 1 aromatic rings. The fraction of sp³-hybridized carbons (Fsp3) is 0.357. The van der Waals surface area contributed by atoms with Crippen molar-refractivity contribution in [1.82, 2.24) is 4.90 Å². The molecule has 1 atom stereocenters. The third-order valence-electron chi connectivity index (χ3n) is 3.17. The third-order valence-corrected chi connectivity index (χ3v) is 3.17. The van der Waals surface area contributed by atoms with Crippen LogP contribution < -0.4 is 0 Å². The Balaban J connectivity index is 2.22. The summed E-state index contributed by atoms with van der Waals surface area (Å²) in [6, 6.07) is 7.55. The second kappa shape index (κ2) is 5.03. The summed E-state index contributed by atoms with van der Waals surface area (Å²) in [6.45, 7) is 1.32. The Labute approximate surface area is 101 Å². The Kier molecular flexibility index (Phi) is 3.46. The number of terminal acetylenes is 1. The highest BCUT2D eigenvalue weighted by Gasteiger charge is 2.30. The molecule has 17 heavy (non-hydrogen) atoms. The summed E-state index contributed by atoms with van der Waals surface area (Å²) in [5.74, 6) is 1.80. The van der Waals surface area contributed by atoms with Crippen molar-refractivity contribution in [1.29, 1.82) is 0 Å². The normalized spacial score (nSPS) is 19.4. The van der Waals surface area contributed by atoms with Crippen molar-refractivity contribution in [2.45, 2.75) is 25.4 Å². The molecule has 88 valence electrons. The van der Waals surface area contributed by atoms with Gasteiger partial charge in [-0.15, -0.1) is 12.3 Å². The number of hydrogen-bond donors (Lipinski definition) is 1. The van der Waals surface area contributed by atoms with Crippen LogP contribution in [0.5, 0.6) is 0 Å². The fourth-order valence-electron chi connectivity index (χ4n) is 2.26. The molecule has 0 spiro atoms. The highest BCUT2D eigenvalue weighted by Crippen LogP contribution is 2.23. The molecule has 1 aliphatic heterocycles. The molecule has 1 heterocycles. The van der Waals surface area contributed by atoms with Crippen LogP contribution in [-0.2, 0) is 17.8 Å². The number of carboxylic acid groups (broad SMARTS) is 1. The fourth-order valence-corrected chi connectivity index (χ4v) is 2.26. The maximum Gasteiger partial charge on any atom is 0.321 e. The number of carbonyl (C=O) groups is 1. The zero-order valence-corrected chi connectivity index (χ0v) is 9.60. The quantitative estimate of drug-likeness (QED) is 0.799. The molecule has 0 saturated carbocycles. The van der Waals surface area contributed by atoms with Gasteiger partial charge in [0.15, 0.2) is 0 Å². The van der Waals surface area contributed by atoms with E-state index in [1.54, 1.807) is 0 Å². The lowest BCUT2D eigenvalue weighted by molar-refractivity contribution is -0.143. The largest absolute Gasteiger partial charge is 0.480 e. The molecule has 0 aliphatic carbocycles. The topological polar surface area (TPSA) is 40.5 Å². The van der Waals surface area contributed by atoms with Crippen LogP contribution in [0.2, 0.25) is 0 Å². The predicted molar refractivity (Wildman–Crippen MR) is 65.4 cm³/mol. The Morgan fingerprint density at radius 1 is 1.47 bits per heavy atom. The summed E-state index contributed by atoms with van der Waals surface area (Å²) < 4.78 is 0. The van der Waals surface area contributed by atoms with E-state index in [0.29, 0.717) is 25.9 Å². The van der Waals surface area contributed by atoms with Gasteiger partial charge in [0.05, 0.1) is 0 Å². The van der Waals surface area contributed by atoms with Crippen LogP contribution in [0.25, 0.3) is 0 Å². The number of carboxylic acids is 1. The van der Waals surface area contributed by atoms with Gasteiger partial charge >= 0.3 is 5.97 Å². The van der Waals surface area contributed by atoms with Crippen LogP contribution in [0.4, 0.5) is 0 Å². The van der Waals surface area contributed by atoms with Crippen molar-refractivity contribution < 1.29 is 9.90 Å². The van der Waals surface area contributed by atoms with Gasteiger partial charge in [-0.25, -0.2) is 0 Å². The molecule has 0 radical (unpaired) electrons. The second-order valence-corrected chi connectivity index (χ2v) is 4.25. The first-order valence-corrected chi connectivity index (χ1v) is 5.69. The van der Waals surface area contributed by atoms with Gasteiger partial charge in [-0.2, -0.15) is 0 Å². The van der Waals surface area contributed by atoms with Crippen molar-refractivity contribution in [2.24, 2.45) is 0 Å². The molecular weight excluding hydrogens is 214 g/mol. The van der Waals surface area contributed by atoms with E-state index >= 15 is 0 Å². The first-order chi connectivity index (χ1) is 8.22. The van der Waals surface area contributed by atoms with Crippen LogP contribution in [0, 0.1) is 12.3 Å². The number of rotatable bonds is 3. The van der Waals surface area contributed by atoms with Gasteiger partial charge in [0, 0.05) is 19.5 Å². The number of aliphatic carboxylic acids is 1. The van der Waals surface area contributed by atoms with Crippen LogP contribution in [0.15, 0.2) is 24.3 Å². The summed E-state index contributed by atoms with van der Waals surface area (Å²) in [7, 11) is 0. The SMILES string of the molecule is C#CCCN1Cc2ccccc2CC1C(=O)O. The summed E-state index contributed by atoms with van der Waals surface area (Å²) >= 11 is 0. The molecule has 3 nitrogen and oxygen atoms in total. The van der Waals surface area contributed by atoms with Gasteiger partial charge in [0.25, 0.3) is 0 Å². The Bertz CT molecular complexity index is 462. The highest BCUT2D eigenvalue weighted by atomic mass is 16.4. The van der Waals surface area contributed by atoms with E-state index in [2.05, 4.69) is 12.0 Å². The minimum Gasteiger partial charge on any atom is -0.480 e. The summed E-state index contributed by atoms with van der Waals surface area (Å²) in [5.41, 5.74) is 2.35. The average Bonchev–Trinajstić information content (AvgIpc) is 2.35. The van der Waals surface area contributed by atoms with Crippen molar-refractivity contribution in [2.75, 3.05) is 6.54 Å². The molecular formula is C14H15NO2. The molecule has 1 aliphatic rings. The van der Waals surface area contributed by atoms with E-state index in [1.807, 2.05) is 23.1 Å². The van der Waals surface area contributed by atoms with Crippen molar-refractivity contribution >= 4 is 5.97 Å². The molecule has 1 N–H and O–H groups in total. The van der Waals surface area contributed by atoms with E-state index in [4.69, 9.17) is 6.42 Å². The molecule has 3 heteroatoms. The molecule has 0 saturated heterocycles. The van der Waals surface area contributed by atoms with E-state index in [-0.39, 0.29) is 0 Å². The van der Waals surface area contributed by atoms with Gasteiger partial charge in [0.2, 0.25) is 0 Å². The predicted octanol–water partition coefficient (Wildman–Crippen LogP) is 1.52. The monoisotopic (exact) mass is 229 g/mol. The molecule has 1 unspecified atom stereocenters. The number of benzene rings is 1. The van der Waals surface area contributed by atoms with Crippen LogP contribution in [0.3, 0.4) is 0 Å². The maximum atomic E-state index is 11.2. The molecule has 2 rings (SSSR count). The second-order valence-electron chi connectivity index (χ2n) is 4.25. The first-order valence-electron chi connectivity index (χ1n) is 5.69. The van der Waals surface area contributed by atoms with Gasteiger partial charge in [-0.05, 0) is 17.5 Å². The average molecular weight is 229 g/mol. The van der Waals surface area contributed by atoms with E-state index in [0.717, 1.165) is 5.56 Å². The van der Waals surface area contributed by atoms with Gasteiger partial charge in [-0.1, -0.05) is 24.3 Å². The van der Waals surface area contributed by atoms with Gasteiger partial charge in [-0.3, -0.25) is 9.69 Å². The maximum absolute atomic E-state index is 11.2. The minimum atomic E-state index is -0.767. The third kappa shape index (κ3) is 2.48. The Morgan fingerprint density at radius 2 is 2.18 bits per heavy atom. The Morgan fingerprint density at radius 3 is 2.82 bits per heavy atom. The van der Waals surface area contributed by atoms with Crippen molar-refractivity contribution in [3.63, 3.8) is 0 Å². The Hall–Kier alpha value is -1.79.